The number of piperidine rings is 1. The Morgan fingerprint density at radius 1 is 1.36 bits per heavy atom. The van der Waals surface area contributed by atoms with Gasteiger partial charge in [-0.05, 0) is 37.8 Å². The number of nitrogens with zero attached hydrogens (tertiary/aromatic N) is 2. The van der Waals surface area contributed by atoms with Crippen molar-refractivity contribution in [3.05, 3.63) is 34.6 Å². The summed E-state index contributed by atoms with van der Waals surface area (Å²) in [7, 11) is -3.31. The van der Waals surface area contributed by atoms with Gasteiger partial charge in [0.15, 0.2) is 0 Å². The van der Waals surface area contributed by atoms with Crippen molar-refractivity contribution in [1.82, 2.24) is 9.21 Å². The van der Waals surface area contributed by atoms with Gasteiger partial charge in [-0.15, -0.1) is 0 Å². The zero-order valence-electron chi connectivity index (χ0n) is 14.1. The fourth-order valence-corrected chi connectivity index (χ4v) is 4.44. The molecule has 1 amide bonds. The fourth-order valence-electron chi connectivity index (χ4n) is 3.31. The Kier molecular flexibility index (Phi) is 5.37. The maximum absolute atomic E-state index is 14.1. The van der Waals surface area contributed by atoms with E-state index >= 15 is 0 Å². The van der Waals surface area contributed by atoms with Crippen LogP contribution < -0.4 is 0 Å². The molecule has 1 aromatic rings. The number of carbonyl (C=O) groups excluding carboxylic acids is 1. The summed E-state index contributed by atoms with van der Waals surface area (Å²) in [5, 5.41) is 0.305. The summed E-state index contributed by atoms with van der Waals surface area (Å²) in [5.74, 6) is -0.905. The molecule has 1 aromatic carbocycles. The van der Waals surface area contributed by atoms with Crippen LogP contribution in [0.25, 0.3) is 0 Å². The van der Waals surface area contributed by atoms with Crippen molar-refractivity contribution in [1.29, 1.82) is 0 Å². The number of halogens is 2. The molecule has 1 unspecified atom stereocenters. The van der Waals surface area contributed by atoms with Gasteiger partial charge in [-0.1, -0.05) is 17.7 Å². The number of rotatable bonds is 5. The van der Waals surface area contributed by atoms with Crippen LogP contribution in [0, 0.1) is 11.7 Å². The molecule has 0 spiro atoms. The lowest BCUT2D eigenvalue weighted by molar-refractivity contribution is -0.138. The Labute approximate surface area is 152 Å². The number of amides is 1. The second kappa shape index (κ2) is 7.21. The Hall–Kier alpha value is -1.18. The van der Waals surface area contributed by atoms with Crippen molar-refractivity contribution < 1.29 is 17.6 Å². The topological polar surface area (TPSA) is 57.7 Å². The molecule has 2 fully saturated rings. The predicted octanol–water partition coefficient (Wildman–Crippen LogP) is 2.64. The van der Waals surface area contributed by atoms with Gasteiger partial charge >= 0.3 is 0 Å². The Bertz CT molecular complexity index is 747. The zero-order valence-corrected chi connectivity index (χ0v) is 15.7. The molecule has 0 radical (unpaired) electrons. The molecule has 1 atom stereocenters. The van der Waals surface area contributed by atoms with Crippen molar-refractivity contribution in [3.8, 4) is 0 Å². The molecule has 138 valence electrons. The third kappa shape index (κ3) is 4.33. The molecule has 25 heavy (non-hydrogen) atoms. The quantitative estimate of drug-likeness (QED) is 0.779. The monoisotopic (exact) mass is 388 g/mol. The van der Waals surface area contributed by atoms with Gasteiger partial charge in [0.1, 0.15) is 5.82 Å². The van der Waals surface area contributed by atoms with E-state index < -0.39 is 15.8 Å². The van der Waals surface area contributed by atoms with E-state index in [4.69, 9.17) is 11.6 Å². The molecule has 0 aromatic heterocycles. The van der Waals surface area contributed by atoms with Crippen molar-refractivity contribution >= 4 is 27.5 Å². The highest BCUT2D eigenvalue weighted by Crippen LogP contribution is 2.33. The maximum atomic E-state index is 14.1. The molecule has 0 bridgehead atoms. The minimum Gasteiger partial charge on any atom is -0.335 e. The standard InChI is InChI=1S/C17H22ClFN2O3S/c1-25(23,24)20-9-3-4-12(10-20)17(22)21(13-7-8-13)11-14-15(18)5-2-6-16(14)19/h2,5-6,12-13H,3-4,7-11H2,1H3. The van der Waals surface area contributed by atoms with Gasteiger partial charge in [-0.2, -0.15) is 0 Å². The van der Waals surface area contributed by atoms with Crippen LogP contribution in [0.5, 0.6) is 0 Å². The highest BCUT2D eigenvalue weighted by molar-refractivity contribution is 7.88. The van der Waals surface area contributed by atoms with Gasteiger partial charge in [0, 0.05) is 29.7 Å². The molecule has 1 saturated carbocycles. The van der Waals surface area contributed by atoms with Crippen molar-refractivity contribution in [2.24, 2.45) is 5.92 Å². The molecule has 3 rings (SSSR count). The molecule has 1 saturated heterocycles. The van der Waals surface area contributed by atoms with Crippen LogP contribution in [0.2, 0.25) is 5.02 Å². The summed E-state index contributed by atoms with van der Waals surface area (Å²) < 4.78 is 39.0. The number of carbonyl (C=O) groups is 1. The number of hydrogen-bond donors (Lipinski definition) is 0. The molecule has 1 aliphatic heterocycles. The van der Waals surface area contributed by atoms with Crippen LogP contribution in [0.4, 0.5) is 4.39 Å². The first kappa shape index (κ1) is 18.6. The van der Waals surface area contributed by atoms with Gasteiger partial charge in [0.05, 0.1) is 18.7 Å². The van der Waals surface area contributed by atoms with E-state index in [-0.39, 0.29) is 31.0 Å². The summed E-state index contributed by atoms with van der Waals surface area (Å²) >= 11 is 6.11. The highest BCUT2D eigenvalue weighted by Gasteiger charge is 2.39. The van der Waals surface area contributed by atoms with Crippen LogP contribution in [-0.2, 0) is 21.4 Å². The lowest BCUT2D eigenvalue weighted by Crippen LogP contribution is -2.47. The molecule has 1 heterocycles. The van der Waals surface area contributed by atoms with Crippen LogP contribution in [0.3, 0.4) is 0 Å². The van der Waals surface area contributed by atoms with Crippen molar-refractivity contribution in [2.75, 3.05) is 19.3 Å². The van der Waals surface area contributed by atoms with Crippen molar-refractivity contribution in [3.63, 3.8) is 0 Å². The Balaban J connectivity index is 1.78. The minimum atomic E-state index is -3.31. The molecule has 2 aliphatic rings. The third-order valence-electron chi connectivity index (χ3n) is 4.86. The Morgan fingerprint density at radius 3 is 2.68 bits per heavy atom. The van der Waals surface area contributed by atoms with E-state index in [1.807, 2.05) is 0 Å². The number of hydrogen-bond acceptors (Lipinski definition) is 3. The highest BCUT2D eigenvalue weighted by atomic mass is 35.5. The first-order valence-electron chi connectivity index (χ1n) is 8.46. The summed E-state index contributed by atoms with van der Waals surface area (Å²) in [4.78, 5) is 14.7. The second-order valence-corrected chi connectivity index (χ2v) is 9.25. The first-order chi connectivity index (χ1) is 11.8. The Morgan fingerprint density at radius 2 is 2.08 bits per heavy atom. The maximum Gasteiger partial charge on any atom is 0.227 e. The van der Waals surface area contributed by atoms with E-state index in [9.17, 15) is 17.6 Å². The average Bonchev–Trinajstić information content (AvgIpc) is 3.38. The van der Waals surface area contributed by atoms with Gasteiger partial charge in [0.2, 0.25) is 15.9 Å². The molecule has 0 N–H and O–H groups in total. The predicted molar refractivity (Wildman–Crippen MR) is 94.1 cm³/mol. The molecule has 5 nitrogen and oxygen atoms in total. The van der Waals surface area contributed by atoms with Crippen LogP contribution in [-0.4, -0.2) is 48.9 Å². The van der Waals surface area contributed by atoms with Crippen LogP contribution >= 0.6 is 11.6 Å². The molecule has 1 aliphatic carbocycles. The summed E-state index contributed by atoms with van der Waals surface area (Å²) in [6, 6.07) is 4.58. The second-order valence-electron chi connectivity index (χ2n) is 6.86. The molecule has 8 heteroatoms. The van der Waals surface area contributed by atoms with E-state index in [1.54, 1.807) is 11.0 Å². The van der Waals surface area contributed by atoms with Crippen molar-refractivity contribution in [2.45, 2.75) is 38.3 Å². The van der Waals surface area contributed by atoms with E-state index in [1.165, 1.54) is 16.4 Å². The number of sulfonamides is 1. The van der Waals surface area contributed by atoms with E-state index in [0.717, 1.165) is 19.1 Å². The lowest BCUT2D eigenvalue weighted by Gasteiger charge is -2.34. The largest absolute Gasteiger partial charge is 0.335 e. The van der Waals surface area contributed by atoms with E-state index in [0.29, 0.717) is 30.0 Å². The first-order valence-corrected chi connectivity index (χ1v) is 10.7. The zero-order chi connectivity index (χ0) is 18.2. The summed E-state index contributed by atoms with van der Waals surface area (Å²) in [6.45, 7) is 0.779. The normalized spacial score (nSPS) is 22.0. The van der Waals surface area contributed by atoms with Gasteiger partial charge in [-0.25, -0.2) is 17.1 Å². The molecular formula is C17H22ClFN2O3S. The summed E-state index contributed by atoms with van der Waals surface area (Å²) in [5.41, 5.74) is 0.320. The van der Waals surface area contributed by atoms with Crippen LogP contribution in [0.1, 0.15) is 31.2 Å². The SMILES string of the molecule is CS(=O)(=O)N1CCCC(C(=O)N(Cc2c(F)cccc2Cl)C2CC2)C1. The fraction of sp³-hybridized carbons (Fsp3) is 0.588. The van der Waals surface area contributed by atoms with Crippen LogP contribution in [0.15, 0.2) is 18.2 Å². The lowest BCUT2D eigenvalue weighted by atomic mass is 9.97. The average molecular weight is 389 g/mol. The third-order valence-corrected chi connectivity index (χ3v) is 6.49. The summed E-state index contributed by atoms with van der Waals surface area (Å²) in [6.07, 6.45) is 4.25. The van der Waals surface area contributed by atoms with Gasteiger partial charge in [-0.3, -0.25) is 4.79 Å². The number of benzene rings is 1. The van der Waals surface area contributed by atoms with Gasteiger partial charge < -0.3 is 4.90 Å². The van der Waals surface area contributed by atoms with Gasteiger partial charge in [0.25, 0.3) is 0 Å². The van der Waals surface area contributed by atoms with E-state index in [2.05, 4.69) is 0 Å². The smallest absolute Gasteiger partial charge is 0.227 e. The molecular weight excluding hydrogens is 367 g/mol. The minimum absolute atomic E-state index is 0.0942.